The fourth-order valence-corrected chi connectivity index (χ4v) is 4.20. The van der Waals surface area contributed by atoms with Gasteiger partial charge in [-0.2, -0.15) is 11.8 Å². The van der Waals surface area contributed by atoms with E-state index in [1.54, 1.807) is 6.20 Å². The highest BCUT2D eigenvalue weighted by atomic mass is 32.2. The van der Waals surface area contributed by atoms with Crippen LogP contribution in [-0.4, -0.2) is 64.4 Å². The number of rotatable bonds is 3. The summed E-state index contributed by atoms with van der Waals surface area (Å²) in [6.07, 6.45) is 5.39. The van der Waals surface area contributed by atoms with Crippen LogP contribution in [-0.2, 0) is 0 Å². The van der Waals surface area contributed by atoms with Crippen LogP contribution in [0, 0.1) is 0 Å². The van der Waals surface area contributed by atoms with Gasteiger partial charge in [-0.05, 0) is 50.2 Å². The van der Waals surface area contributed by atoms with Crippen molar-refractivity contribution in [3.8, 4) is 0 Å². The molecule has 3 rings (SSSR count). The van der Waals surface area contributed by atoms with Gasteiger partial charge in [-0.25, -0.2) is 0 Å². The third kappa shape index (κ3) is 3.77. The average Bonchev–Trinajstić information content (AvgIpc) is 2.92. The van der Waals surface area contributed by atoms with E-state index < -0.39 is 0 Å². The van der Waals surface area contributed by atoms with Crippen LogP contribution in [0.25, 0.3) is 0 Å². The van der Waals surface area contributed by atoms with Crippen LogP contribution in [0.4, 0.5) is 0 Å². The Morgan fingerprint density at radius 3 is 2.86 bits per heavy atom. The molecule has 2 aliphatic rings. The van der Waals surface area contributed by atoms with Crippen molar-refractivity contribution in [2.24, 2.45) is 0 Å². The van der Waals surface area contributed by atoms with Crippen LogP contribution >= 0.6 is 11.8 Å². The normalized spacial score (nSPS) is 24.0. The van der Waals surface area contributed by atoms with Crippen LogP contribution < -0.4 is 0 Å². The third-order valence-electron chi connectivity index (χ3n) is 4.25. The molecule has 0 aliphatic carbocycles. The topological polar surface area (TPSA) is 36.4 Å². The summed E-state index contributed by atoms with van der Waals surface area (Å²) in [5, 5.41) is 0. The molecule has 1 unspecified atom stereocenters. The molecule has 0 radical (unpaired) electrons. The molecule has 1 aromatic rings. The van der Waals surface area contributed by atoms with Gasteiger partial charge in [-0.3, -0.25) is 9.78 Å². The van der Waals surface area contributed by atoms with Crippen molar-refractivity contribution in [2.45, 2.75) is 25.3 Å². The smallest absolute Gasteiger partial charge is 0.272 e. The summed E-state index contributed by atoms with van der Waals surface area (Å²) < 4.78 is 0. The maximum absolute atomic E-state index is 12.8. The first-order chi connectivity index (χ1) is 10.3. The summed E-state index contributed by atoms with van der Waals surface area (Å²) in [6, 6.07) is 5.90. The number of aromatic nitrogens is 1. The van der Waals surface area contributed by atoms with Crippen molar-refractivity contribution in [1.29, 1.82) is 0 Å². The molecule has 2 aliphatic heterocycles. The van der Waals surface area contributed by atoms with Gasteiger partial charge >= 0.3 is 0 Å². The van der Waals surface area contributed by atoms with Gasteiger partial charge in [-0.1, -0.05) is 6.07 Å². The Balaban J connectivity index is 1.73. The number of hydrogen-bond donors (Lipinski definition) is 0. The van der Waals surface area contributed by atoms with E-state index in [-0.39, 0.29) is 5.91 Å². The number of hydrogen-bond acceptors (Lipinski definition) is 4. The zero-order valence-corrected chi connectivity index (χ0v) is 13.2. The predicted molar refractivity (Wildman–Crippen MR) is 86.7 cm³/mol. The molecule has 4 nitrogen and oxygen atoms in total. The number of thioether (sulfide) groups is 1. The molecule has 21 heavy (non-hydrogen) atoms. The van der Waals surface area contributed by atoms with E-state index in [2.05, 4.69) is 14.8 Å². The molecular weight excluding hydrogens is 282 g/mol. The molecule has 2 fully saturated rings. The fourth-order valence-electron chi connectivity index (χ4n) is 3.15. The number of pyridine rings is 1. The van der Waals surface area contributed by atoms with Gasteiger partial charge in [0.05, 0.1) is 6.04 Å². The highest BCUT2D eigenvalue weighted by Gasteiger charge is 2.29. The largest absolute Gasteiger partial charge is 0.332 e. The lowest BCUT2D eigenvalue weighted by Gasteiger charge is -2.32. The van der Waals surface area contributed by atoms with Gasteiger partial charge in [0, 0.05) is 25.0 Å². The van der Waals surface area contributed by atoms with E-state index in [0.717, 1.165) is 31.0 Å². The number of likely N-dealkylation sites (tertiary alicyclic amines) is 1. The van der Waals surface area contributed by atoms with E-state index in [1.807, 2.05) is 30.0 Å². The Labute approximate surface area is 130 Å². The molecular formula is C16H23N3OS. The lowest BCUT2D eigenvalue weighted by molar-refractivity contribution is 0.0660. The van der Waals surface area contributed by atoms with Gasteiger partial charge in [0.25, 0.3) is 5.91 Å². The summed E-state index contributed by atoms with van der Waals surface area (Å²) in [5.74, 6) is 2.31. The van der Waals surface area contributed by atoms with Gasteiger partial charge < -0.3 is 9.80 Å². The highest BCUT2D eigenvalue weighted by Crippen LogP contribution is 2.20. The van der Waals surface area contributed by atoms with E-state index in [0.29, 0.717) is 11.7 Å². The monoisotopic (exact) mass is 305 g/mol. The zero-order valence-electron chi connectivity index (χ0n) is 12.4. The first-order valence-corrected chi connectivity index (χ1v) is 9.02. The Hall–Kier alpha value is -1.07. The van der Waals surface area contributed by atoms with Crippen molar-refractivity contribution in [3.63, 3.8) is 0 Å². The van der Waals surface area contributed by atoms with Crippen LogP contribution in [0.3, 0.4) is 0 Å². The van der Waals surface area contributed by atoms with E-state index in [4.69, 9.17) is 0 Å². The minimum Gasteiger partial charge on any atom is -0.332 e. The molecule has 0 saturated carbocycles. The Morgan fingerprint density at radius 2 is 2.10 bits per heavy atom. The SMILES string of the molecule is O=C(c1ccccn1)N1CCCSCC1CN1CCCC1. The van der Waals surface area contributed by atoms with E-state index in [9.17, 15) is 4.79 Å². The Bertz CT molecular complexity index is 462. The average molecular weight is 305 g/mol. The Kier molecular flexibility index (Phi) is 5.14. The number of amides is 1. The van der Waals surface area contributed by atoms with E-state index in [1.165, 1.54) is 25.9 Å². The van der Waals surface area contributed by atoms with Gasteiger partial charge in [-0.15, -0.1) is 0 Å². The maximum atomic E-state index is 12.8. The molecule has 5 heteroatoms. The van der Waals surface area contributed by atoms with E-state index >= 15 is 0 Å². The molecule has 0 bridgehead atoms. The van der Waals surface area contributed by atoms with Gasteiger partial charge in [0.2, 0.25) is 0 Å². The molecule has 1 amide bonds. The third-order valence-corrected chi connectivity index (χ3v) is 5.45. The van der Waals surface area contributed by atoms with Crippen molar-refractivity contribution in [2.75, 3.05) is 37.7 Å². The summed E-state index contributed by atoms with van der Waals surface area (Å²) in [4.78, 5) is 21.6. The molecule has 0 spiro atoms. The van der Waals surface area contributed by atoms with Crippen LogP contribution in [0.5, 0.6) is 0 Å². The lowest BCUT2D eigenvalue weighted by atomic mass is 10.2. The van der Waals surface area contributed by atoms with Crippen LogP contribution in [0.2, 0.25) is 0 Å². The van der Waals surface area contributed by atoms with Crippen molar-refractivity contribution >= 4 is 17.7 Å². The molecule has 1 atom stereocenters. The van der Waals surface area contributed by atoms with Crippen molar-refractivity contribution in [1.82, 2.24) is 14.8 Å². The number of nitrogens with zero attached hydrogens (tertiary/aromatic N) is 3. The summed E-state index contributed by atoms with van der Waals surface area (Å²) >= 11 is 1.98. The quantitative estimate of drug-likeness (QED) is 0.857. The Morgan fingerprint density at radius 1 is 1.24 bits per heavy atom. The standard InChI is InChI=1S/C16H23N3OS/c20-16(15-6-1-2-7-17-15)19-10-5-11-21-13-14(19)12-18-8-3-4-9-18/h1-2,6-7,14H,3-5,8-13H2. The highest BCUT2D eigenvalue weighted by molar-refractivity contribution is 7.99. The molecule has 114 valence electrons. The molecule has 0 aromatic carbocycles. The van der Waals surface area contributed by atoms with Crippen LogP contribution in [0.1, 0.15) is 29.8 Å². The fraction of sp³-hybridized carbons (Fsp3) is 0.625. The second-order valence-electron chi connectivity index (χ2n) is 5.80. The maximum Gasteiger partial charge on any atom is 0.272 e. The molecule has 3 heterocycles. The second kappa shape index (κ2) is 7.27. The van der Waals surface area contributed by atoms with Crippen LogP contribution in [0.15, 0.2) is 24.4 Å². The molecule has 0 N–H and O–H groups in total. The summed E-state index contributed by atoms with van der Waals surface area (Å²) in [5.41, 5.74) is 0.579. The van der Waals surface area contributed by atoms with Gasteiger partial charge in [0.15, 0.2) is 0 Å². The zero-order chi connectivity index (χ0) is 14.5. The first kappa shape index (κ1) is 14.9. The minimum absolute atomic E-state index is 0.0993. The van der Waals surface area contributed by atoms with Gasteiger partial charge in [0.1, 0.15) is 5.69 Å². The minimum atomic E-state index is 0.0993. The summed E-state index contributed by atoms with van der Waals surface area (Å²) in [7, 11) is 0. The number of carbonyl (C=O) groups excluding carboxylic acids is 1. The molecule has 2 saturated heterocycles. The number of carbonyl (C=O) groups is 1. The molecule has 1 aromatic heterocycles. The predicted octanol–water partition coefficient (Wildman–Crippen LogP) is 2.13. The van der Waals surface area contributed by atoms with Crippen molar-refractivity contribution < 1.29 is 4.79 Å². The van der Waals surface area contributed by atoms with Crippen molar-refractivity contribution in [3.05, 3.63) is 30.1 Å². The summed E-state index contributed by atoms with van der Waals surface area (Å²) in [6.45, 7) is 4.26. The second-order valence-corrected chi connectivity index (χ2v) is 6.95. The first-order valence-electron chi connectivity index (χ1n) is 7.87. The lowest BCUT2D eigenvalue weighted by Crippen LogP contribution is -2.47.